The van der Waals surface area contributed by atoms with Crippen LogP contribution in [0.5, 0.6) is 5.75 Å². The summed E-state index contributed by atoms with van der Waals surface area (Å²) in [5.74, 6) is 0.157. The SMILES string of the molecule is COc1cccc([C@@H](CNC(=O)CCN2C(=O)[C@H]3CCCC[C@H]3C2=O)[NH+](C)C)c1. The molecule has 1 aliphatic carbocycles. The van der Waals surface area contributed by atoms with Gasteiger partial charge in [-0.2, -0.15) is 0 Å². The van der Waals surface area contributed by atoms with E-state index >= 15 is 0 Å². The fourth-order valence-electron chi connectivity index (χ4n) is 4.48. The van der Waals surface area contributed by atoms with Gasteiger partial charge in [0.25, 0.3) is 0 Å². The standard InChI is InChI=1S/C22H31N3O4/c1-24(2)19(15-7-6-8-16(13-15)29-3)14-23-20(26)11-12-25-21(27)17-9-4-5-10-18(17)22(25)28/h6-8,13,17-19H,4-5,9-12,14H2,1-3H3,(H,23,26)/p+1/t17-,18+,19-/m1/s1. The summed E-state index contributed by atoms with van der Waals surface area (Å²) in [5, 5.41) is 2.97. The highest BCUT2D eigenvalue weighted by molar-refractivity contribution is 6.05. The second-order valence-corrected chi connectivity index (χ2v) is 8.29. The molecule has 1 aromatic carbocycles. The third-order valence-electron chi connectivity index (χ3n) is 6.19. The predicted octanol–water partition coefficient (Wildman–Crippen LogP) is 0.562. The van der Waals surface area contributed by atoms with Gasteiger partial charge in [0.1, 0.15) is 11.8 Å². The summed E-state index contributed by atoms with van der Waals surface area (Å²) < 4.78 is 5.30. The van der Waals surface area contributed by atoms with Crippen LogP contribution in [0.2, 0.25) is 0 Å². The van der Waals surface area contributed by atoms with Gasteiger partial charge in [-0.05, 0) is 25.0 Å². The van der Waals surface area contributed by atoms with Crippen molar-refractivity contribution >= 4 is 17.7 Å². The van der Waals surface area contributed by atoms with Gasteiger partial charge in [0, 0.05) is 18.5 Å². The molecule has 1 aliphatic heterocycles. The Hall–Kier alpha value is -2.41. The van der Waals surface area contributed by atoms with Gasteiger partial charge in [0.05, 0.1) is 39.6 Å². The van der Waals surface area contributed by atoms with Crippen LogP contribution >= 0.6 is 0 Å². The van der Waals surface area contributed by atoms with Gasteiger partial charge in [-0.1, -0.05) is 25.0 Å². The van der Waals surface area contributed by atoms with Crippen molar-refractivity contribution in [3.63, 3.8) is 0 Å². The van der Waals surface area contributed by atoms with Crippen molar-refractivity contribution in [1.29, 1.82) is 0 Å². The van der Waals surface area contributed by atoms with E-state index in [1.54, 1.807) is 7.11 Å². The van der Waals surface area contributed by atoms with Crippen LogP contribution in [0, 0.1) is 11.8 Å². The number of likely N-dealkylation sites (tertiary alicyclic amines) is 1. The molecule has 0 bridgehead atoms. The summed E-state index contributed by atoms with van der Waals surface area (Å²) in [5.41, 5.74) is 1.08. The molecule has 0 unspecified atom stereocenters. The van der Waals surface area contributed by atoms with Gasteiger partial charge < -0.3 is 15.0 Å². The van der Waals surface area contributed by atoms with Crippen LogP contribution in [0.4, 0.5) is 0 Å². The zero-order chi connectivity index (χ0) is 21.0. The molecule has 1 aromatic rings. The Balaban J connectivity index is 1.53. The normalized spacial score (nSPS) is 22.6. The van der Waals surface area contributed by atoms with Crippen molar-refractivity contribution in [1.82, 2.24) is 10.2 Å². The summed E-state index contributed by atoms with van der Waals surface area (Å²) in [6, 6.07) is 7.91. The first-order valence-corrected chi connectivity index (χ1v) is 10.5. The first-order chi connectivity index (χ1) is 13.9. The van der Waals surface area contributed by atoms with E-state index in [1.165, 1.54) is 9.80 Å². The molecule has 29 heavy (non-hydrogen) atoms. The summed E-state index contributed by atoms with van der Waals surface area (Å²) in [6.07, 6.45) is 3.75. The average molecular weight is 403 g/mol. The minimum absolute atomic E-state index is 0.0759. The van der Waals surface area contributed by atoms with Crippen molar-refractivity contribution in [3.8, 4) is 5.75 Å². The summed E-state index contributed by atoms with van der Waals surface area (Å²) in [7, 11) is 5.72. The number of benzene rings is 1. The Morgan fingerprint density at radius 2 is 1.86 bits per heavy atom. The molecule has 7 nitrogen and oxygen atoms in total. The molecule has 158 valence electrons. The molecule has 1 saturated carbocycles. The quantitative estimate of drug-likeness (QED) is 0.623. The average Bonchev–Trinajstić information content (AvgIpc) is 2.97. The minimum Gasteiger partial charge on any atom is -0.497 e. The molecule has 3 amide bonds. The molecule has 2 fully saturated rings. The molecular weight excluding hydrogens is 370 g/mol. The van der Waals surface area contributed by atoms with E-state index < -0.39 is 0 Å². The predicted molar refractivity (Wildman–Crippen MR) is 108 cm³/mol. The van der Waals surface area contributed by atoms with Crippen LogP contribution in [0.3, 0.4) is 0 Å². The Labute approximate surface area is 172 Å². The summed E-state index contributed by atoms with van der Waals surface area (Å²) >= 11 is 0. The van der Waals surface area contributed by atoms with Crippen LogP contribution in [0.25, 0.3) is 0 Å². The number of hydrogen-bond acceptors (Lipinski definition) is 4. The van der Waals surface area contributed by atoms with Crippen molar-refractivity contribution in [3.05, 3.63) is 29.8 Å². The first-order valence-electron chi connectivity index (χ1n) is 10.5. The smallest absolute Gasteiger partial charge is 0.233 e. The number of ether oxygens (including phenoxy) is 1. The van der Waals surface area contributed by atoms with Gasteiger partial charge in [0.2, 0.25) is 17.7 Å². The lowest BCUT2D eigenvalue weighted by atomic mass is 9.81. The van der Waals surface area contributed by atoms with Crippen LogP contribution in [0.1, 0.15) is 43.7 Å². The number of amides is 3. The van der Waals surface area contributed by atoms with Crippen LogP contribution in [-0.2, 0) is 14.4 Å². The molecule has 0 aromatic heterocycles. The van der Waals surface area contributed by atoms with Crippen molar-refractivity contribution < 1.29 is 24.0 Å². The van der Waals surface area contributed by atoms with Crippen molar-refractivity contribution in [2.75, 3.05) is 34.3 Å². The summed E-state index contributed by atoms with van der Waals surface area (Å²) in [6.45, 7) is 0.649. The van der Waals surface area contributed by atoms with E-state index in [0.717, 1.165) is 37.0 Å². The van der Waals surface area contributed by atoms with Gasteiger partial charge in [0.15, 0.2) is 0 Å². The number of carbonyl (C=O) groups is 3. The highest BCUT2D eigenvalue weighted by Crippen LogP contribution is 2.37. The Kier molecular flexibility index (Phi) is 6.90. The van der Waals surface area contributed by atoms with Gasteiger partial charge >= 0.3 is 0 Å². The van der Waals surface area contributed by atoms with Crippen molar-refractivity contribution in [2.45, 2.75) is 38.1 Å². The Morgan fingerprint density at radius 3 is 2.45 bits per heavy atom. The molecule has 1 heterocycles. The van der Waals surface area contributed by atoms with Gasteiger partial charge in [-0.15, -0.1) is 0 Å². The molecule has 1 saturated heterocycles. The molecular formula is C22H32N3O4+. The highest BCUT2D eigenvalue weighted by Gasteiger charge is 2.47. The van der Waals surface area contributed by atoms with Crippen LogP contribution in [-0.4, -0.2) is 56.9 Å². The maximum Gasteiger partial charge on any atom is 0.233 e. The van der Waals surface area contributed by atoms with Crippen molar-refractivity contribution in [2.24, 2.45) is 11.8 Å². The lowest BCUT2D eigenvalue weighted by Crippen LogP contribution is -3.07. The number of methoxy groups -OCH3 is 1. The third kappa shape index (κ3) is 4.78. The zero-order valence-electron chi connectivity index (χ0n) is 17.6. The van der Waals surface area contributed by atoms with Gasteiger partial charge in [-0.3, -0.25) is 19.3 Å². The largest absolute Gasteiger partial charge is 0.497 e. The number of fused-ring (bicyclic) bond motifs is 1. The van der Waals surface area contributed by atoms with Crippen LogP contribution in [0.15, 0.2) is 24.3 Å². The molecule has 0 spiro atoms. The fourth-order valence-corrected chi connectivity index (χ4v) is 4.48. The molecule has 2 aliphatic rings. The highest BCUT2D eigenvalue weighted by atomic mass is 16.5. The van der Waals surface area contributed by atoms with E-state index in [1.807, 2.05) is 38.4 Å². The maximum atomic E-state index is 12.5. The molecule has 3 rings (SSSR count). The first kappa shape index (κ1) is 21.3. The molecule has 0 radical (unpaired) electrons. The zero-order valence-corrected chi connectivity index (χ0v) is 17.6. The fraction of sp³-hybridized carbons (Fsp3) is 0.591. The minimum atomic E-state index is -0.158. The lowest BCUT2D eigenvalue weighted by Gasteiger charge is -2.23. The number of likely N-dealkylation sites (N-methyl/N-ethyl adjacent to an activating group) is 1. The Morgan fingerprint density at radius 1 is 1.21 bits per heavy atom. The number of nitrogens with one attached hydrogen (secondary N) is 2. The topological polar surface area (TPSA) is 80.2 Å². The lowest BCUT2D eigenvalue weighted by molar-refractivity contribution is -0.890. The van der Waals surface area contributed by atoms with E-state index in [4.69, 9.17) is 4.74 Å². The maximum absolute atomic E-state index is 12.5. The number of nitrogens with zero attached hydrogens (tertiary/aromatic N) is 1. The van der Waals surface area contributed by atoms with Crippen LogP contribution < -0.4 is 15.0 Å². The number of carbonyl (C=O) groups excluding carboxylic acids is 3. The summed E-state index contributed by atoms with van der Waals surface area (Å²) in [4.78, 5) is 40.0. The molecule has 7 heteroatoms. The molecule has 2 N–H and O–H groups in total. The third-order valence-corrected chi connectivity index (χ3v) is 6.19. The van der Waals surface area contributed by atoms with E-state index in [-0.39, 0.29) is 48.6 Å². The van der Waals surface area contributed by atoms with E-state index in [0.29, 0.717) is 6.54 Å². The monoisotopic (exact) mass is 402 g/mol. The van der Waals surface area contributed by atoms with E-state index in [9.17, 15) is 14.4 Å². The number of rotatable bonds is 8. The number of quaternary nitrogens is 1. The number of imide groups is 1. The second kappa shape index (κ2) is 9.39. The molecule has 3 atom stereocenters. The second-order valence-electron chi connectivity index (χ2n) is 8.29. The number of hydrogen-bond donors (Lipinski definition) is 2. The Bertz CT molecular complexity index is 740. The van der Waals surface area contributed by atoms with E-state index in [2.05, 4.69) is 5.32 Å². The van der Waals surface area contributed by atoms with Gasteiger partial charge in [-0.25, -0.2) is 0 Å².